The fourth-order valence-electron chi connectivity index (χ4n) is 4.32. The predicted molar refractivity (Wildman–Crippen MR) is 127 cm³/mol. The van der Waals surface area contributed by atoms with Gasteiger partial charge in [0.2, 0.25) is 5.95 Å². The summed E-state index contributed by atoms with van der Waals surface area (Å²) in [4.78, 5) is 7.12. The van der Waals surface area contributed by atoms with E-state index in [2.05, 4.69) is 38.9 Å². The molecule has 32 heavy (non-hydrogen) atoms. The molecule has 168 valence electrons. The average Bonchev–Trinajstić information content (AvgIpc) is 3.54. The van der Waals surface area contributed by atoms with Crippen LogP contribution in [0.2, 0.25) is 0 Å². The van der Waals surface area contributed by atoms with Crippen LogP contribution < -0.4 is 4.90 Å². The lowest BCUT2D eigenvalue weighted by molar-refractivity contribution is 0.350. The van der Waals surface area contributed by atoms with Gasteiger partial charge >= 0.3 is 0 Å². The fraction of sp³-hybridized carbons (Fsp3) is 0.435. The van der Waals surface area contributed by atoms with E-state index in [-0.39, 0.29) is 0 Å². The van der Waals surface area contributed by atoms with Crippen LogP contribution >= 0.6 is 23.1 Å². The Morgan fingerprint density at radius 1 is 1.16 bits per heavy atom. The Bertz CT molecular complexity index is 1150. The maximum Gasteiger partial charge on any atom is 0.228 e. The zero-order chi connectivity index (χ0) is 22.1. The number of anilines is 1. The Kier molecular flexibility index (Phi) is 6.10. The third kappa shape index (κ3) is 4.63. The lowest BCUT2D eigenvalue weighted by atomic mass is 9.92. The van der Waals surface area contributed by atoms with Crippen molar-refractivity contribution in [1.82, 2.24) is 19.7 Å². The second-order valence-corrected chi connectivity index (χ2v) is 10.4. The Hall–Kier alpha value is -2.52. The van der Waals surface area contributed by atoms with Gasteiger partial charge in [-0.25, -0.2) is 4.98 Å². The summed E-state index contributed by atoms with van der Waals surface area (Å²) in [5, 5.41) is 13.0. The van der Waals surface area contributed by atoms with Gasteiger partial charge in [-0.15, -0.1) is 21.5 Å². The van der Waals surface area contributed by atoms with Crippen molar-refractivity contribution in [3.63, 3.8) is 0 Å². The molecular weight excluding hydrogens is 442 g/mol. The number of hydrogen-bond acceptors (Lipinski definition) is 8. The third-order valence-electron chi connectivity index (χ3n) is 5.60. The van der Waals surface area contributed by atoms with Gasteiger partial charge in [-0.05, 0) is 49.4 Å². The van der Waals surface area contributed by atoms with Gasteiger partial charge in [0.25, 0.3) is 0 Å². The Balaban J connectivity index is 1.36. The van der Waals surface area contributed by atoms with Crippen LogP contribution in [0.3, 0.4) is 0 Å². The molecule has 2 unspecified atom stereocenters. The van der Waals surface area contributed by atoms with Crippen LogP contribution in [0.1, 0.15) is 37.5 Å². The molecule has 0 spiro atoms. The molecular formula is C23H27N5O2S2. The summed E-state index contributed by atoms with van der Waals surface area (Å²) in [6, 6.07) is 7.85. The maximum absolute atomic E-state index is 5.71. The van der Waals surface area contributed by atoms with Crippen molar-refractivity contribution in [1.29, 1.82) is 0 Å². The maximum atomic E-state index is 5.71. The third-order valence-corrected chi connectivity index (χ3v) is 7.50. The number of aromatic nitrogens is 4. The first kappa shape index (κ1) is 21.3. The van der Waals surface area contributed by atoms with Crippen LogP contribution in [0.4, 0.5) is 5.95 Å². The standard InChI is InChI=1S/C23H27N5O2S2/c1-15-9-16(2)11-27(10-15)22-25-26-23(28(22)12-19-5-4-8-29-19)32-14-18-13-31-21(24-18)20-7-6-17(3)30-20/h4-8,13,15-16H,9-12,14H2,1-3H3. The number of aryl methyl sites for hydroxylation is 1. The Morgan fingerprint density at radius 3 is 2.72 bits per heavy atom. The summed E-state index contributed by atoms with van der Waals surface area (Å²) in [5.41, 5.74) is 1.01. The van der Waals surface area contributed by atoms with Crippen molar-refractivity contribution in [3.8, 4) is 10.8 Å². The molecule has 0 radical (unpaired) electrons. The quantitative estimate of drug-likeness (QED) is 0.321. The van der Waals surface area contributed by atoms with Crippen molar-refractivity contribution in [2.75, 3.05) is 18.0 Å². The van der Waals surface area contributed by atoms with Crippen LogP contribution in [0.5, 0.6) is 0 Å². The molecule has 1 saturated heterocycles. The van der Waals surface area contributed by atoms with Gasteiger partial charge in [0.1, 0.15) is 11.5 Å². The molecule has 0 aromatic carbocycles. The first-order chi connectivity index (χ1) is 15.5. The minimum absolute atomic E-state index is 0.616. The van der Waals surface area contributed by atoms with Gasteiger partial charge in [0.15, 0.2) is 15.9 Å². The number of hydrogen-bond donors (Lipinski definition) is 0. The molecule has 7 nitrogen and oxygen atoms in total. The van der Waals surface area contributed by atoms with E-state index in [4.69, 9.17) is 13.8 Å². The minimum atomic E-state index is 0.616. The number of nitrogens with zero attached hydrogens (tertiary/aromatic N) is 5. The van der Waals surface area contributed by atoms with E-state index in [1.807, 2.05) is 31.2 Å². The van der Waals surface area contributed by atoms with Gasteiger partial charge in [-0.1, -0.05) is 25.6 Å². The van der Waals surface area contributed by atoms with Crippen LogP contribution in [0.15, 0.2) is 49.9 Å². The monoisotopic (exact) mass is 469 g/mol. The minimum Gasteiger partial charge on any atom is -0.467 e. The van der Waals surface area contributed by atoms with Crippen LogP contribution in [-0.2, 0) is 12.3 Å². The largest absolute Gasteiger partial charge is 0.467 e. The highest BCUT2D eigenvalue weighted by atomic mass is 32.2. The zero-order valence-electron chi connectivity index (χ0n) is 18.5. The molecule has 4 aromatic heterocycles. The predicted octanol–water partition coefficient (Wildman–Crippen LogP) is 5.72. The average molecular weight is 470 g/mol. The molecule has 0 N–H and O–H groups in total. The van der Waals surface area contributed by atoms with E-state index in [1.165, 1.54) is 6.42 Å². The van der Waals surface area contributed by atoms with Crippen molar-refractivity contribution in [3.05, 3.63) is 53.1 Å². The van der Waals surface area contributed by atoms with Gasteiger partial charge < -0.3 is 13.7 Å². The fourth-order valence-corrected chi connectivity index (χ4v) is 6.03. The van der Waals surface area contributed by atoms with E-state index < -0.39 is 0 Å². The van der Waals surface area contributed by atoms with Crippen LogP contribution in [0.25, 0.3) is 10.8 Å². The molecule has 1 aliphatic heterocycles. The molecule has 0 bridgehead atoms. The normalized spacial score (nSPS) is 19.0. The van der Waals surface area contributed by atoms with Crippen LogP contribution in [0, 0.1) is 18.8 Å². The van der Waals surface area contributed by atoms with Crippen molar-refractivity contribution in [2.45, 2.75) is 44.6 Å². The molecule has 4 aromatic rings. The Morgan fingerprint density at radius 2 is 2.00 bits per heavy atom. The summed E-state index contributed by atoms with van der Waals surface area (Å²) in [6.45, 7) is 9.19. The molecule has 1 fully saturated rings. The Labute approximate surface area is 195 Å². The molecule has 1 aliphatic rings. The highest BCUT2D eigenvalue weighted by Crippen LogP contribution is 2.32. The number of thioether (sulfide) groups is 1. The first-order valence-corrected chi connectivity index (χ1v) is 12.8. The lowest BCUT2D eigenvalue weighted by Crippen LogP contribution is -2.40. The summed E-state index contributed by atoms with van der Waals surface area (Å²) in [7, 11) is 0. The second-order valence-electron chi connectivity index (χ2n) is 8.64. The molecule has 5 heterocycles. The lowest BCUT2D eigenvalue weighted by Gasteiger charge is -2.35. The van der Waals surface area contributed by atoms with Crippen molar-refractivity contribution in [2.24, 2.45) is 11.8 Å². The smallest absolute Gasteiger partial charge is 0.228 e. The molecule has 9 heteroatoms. The first-order valence-electron chi connectivity index (χ1n) is 10.9. The van der Waals surface area contributed by atoms with Gasteiger partial charge in [0.05, 0.1) is 18.5 Å². The van der Waals surface area contributed by atoms with E-state index >= 15 is 0 Å². The van der Waals surface area contributed by atoms with Gasteiger partial charge in [0, 0.05) is 24.2 Å². The van der Waals surface area contributed by atoms with Crippen molar-refractivity contribution >= 4 is 29.0 Å². The highest BCUT2D eigenvalue weighted by molar-refractivity contribution is 7.98. The number of thiazole rings is 1. The highest BCUT2D eigenvalue weighted by Gasteiger charge is 2.27. The van der Waals surface area contributed by atoms with Crippen LogP contribution in [-0.4, -0.2) is 32.8 Å². The van der Waals surface area contributed by atoms with E-state index in [0.717, 1.165) is 57.9 Å². The topological polar surface area (TPSA) is 73.1 Å². The van der Waals surface area contributed by atoms with E-state index in [9.17, 15) is 0 Å². The molecule has 2 atom stereocenters. The number of piperidine rings is 1. The second kappa shape index (κ2) is 9.15. The summed E-state index contributed by atoms with van der Waals surface area (Å²) >= 11 is 3.26. The summed E-state index contributed by atoms with van der Waals surface area (Å²) < 4.78 is 13.5. The summed E-state index contributed by atoms with van der Waals surface area (Å²) in [6.07, 6.45) is 2.97. The van der Waals surface area contributed by atoms with E-state index in [1.54, 1.807) is 29.4 Å². The number of rotatable bonds is 7. The zero-order valence-corrected chi connectivity index (χ0v) is 20.2. The SMILES string of the molecule is Cc1ccc(-c2nc(CSc3nnc(N4CC(C)CC(C)C4)n3Cc3ccco3)cs2)o1. The molecule has 0 aliphatic carbocycles. The van der Waals surface area contributed by atoms with Gasteiger partial charge in [-0.3, -0.25) is 4.57 Å². The molecule has 5 rings (SSSR count). The van der Waals surface area contributed by atoms with Gasteiger partial charge in [-0.2, -0.15) is 0 Å². The molecule has 0 amide bonds. The number of furan rings is 2. The molecule has 0 saturated carbocycles. The van der Waals surface area contributed by atoms with Crippen molar-refractivity contribution < 1.29 is 8.83 Å². The summed E-state index contributed by atoms with van der Waals surface area (Å²) in [5.74, 6) is 5.54. The van der Waals surface area contributed by atoms with E-state index in [0.29, 0.717) is 18.4 Å².